The van der Waals surface area contributed by atoms with Crippen LogP contribution < -0.4 is 15.8 Å². The summed E-state index contributed by atoms with van der Waals surface area (Å²) in [6.45, 7) is 0.289. The Hall–Kier alpha value is -2.13. The van der Waals surface area contributed by atoms with Gasteiger partial charge in [0.1, 0.15) is 0 Å². The fraction of sp³-hybridized carbons (Fsp3) is 0.273. The van der Waals surface area contributed by atoms with Gasteiger partial charge in [0.25, 0.3) is 5.91 Å². The highest BCUT2D eigenvalue weighted by Crippen LogP contribution is 2.18. The zero-order chi connectivity index (χ0) is 14.8. The predicted octanol–water partition coefficient (Wildman–Crippen LogP) is -0.576. The Balaban J connectivity index is 2.03. The number of H-pyrrole nitrogens is 1. The number of nitrogens with zero attached hydrogens (tertiary/aromatic N) is 1. The van der Waals surface area contributed by atoms with Crippen LogP contribution in [-0.2, 0) is 10.0 Å². The van der Waals surface area contributed by atoms with Gasteiger partial charge in [-0.25, -0.2) is 13.1 Å². The van der Waals surface area contributed by atoms with Crippen molar-refractivity contribution in [2.24, 2.45) is 0 Å². The summed E-state index contributed by atoms with van der Waals surface area (Å²) >= 11 is 0. The zero-order valence-electron chi connectivity index (χ0n) is 10.8. The molecule has 0 aliphatic carbocycles. The standard InChI is InChI=1S/C11H15N5O3S/c1-20(18,19)14-5-4-13-11(17)10-8-6-7(12)2-3-9(8)15-16-10/h2-3,6,14H,4-5,12H2,1H3,(H,13,17)(H,15,16). The quantitative estimate of drug-likeness (QED) is 0.433. The fourth-order valence-electron chi connectivity index (χ4n) is 1.70. The average molecular weight is 297 g/mol. The highest BCUT2D eigenvalue weighted by atomic mass is 32.2. The van der Waals surface area contributed by atoms with Crippen LogP contribution in [0.5, 0.6) is 0 Å². The van der Waals surface area contributed by atoms with Crippen molar-refractivity contribution in [3.63, 3.8) is 0 Å². The second-order valence-corrected chi connectivity index (χ2v) is 6.13. The van der Waals surface area contributed by atoms with Crippen LogP contribution in [0.15, 0.2) is 18.2 Å². The second-order valence-electron chi connectivity index (χ2n) is 4.30. The molecule has 2 aromatic rings. The molecule has 1 amide bonds. The molecule has 20 heavy (non-hydrogen) atoms. The minimum atomic E-state index is -3.26. The summed E-state index contributed by atoms with van der Waals surface area (Å²) < 4.78 is 24.0. The van der Waals surface area contributed by atoms with E-state index in [9.17, 15) is 13.2 Å². The molecule has 9 heteroatoms. The summed E-state index contributed by atoms with van der Waals surface area (Å²) in [5.74, 6) is -0.392. The molecule has 0 radical (unpaired) electrons. The third-order valence-electron chi connectivity index (χ3n) is 2.58. The van der Waals surface area contributed by atoms with Crippen molar-refractivity contribution in [2.75, 3.05) is 25.1 Å². The van der Waals surface area contributed by atoms with E-state index in [1.54, 1.807) is 18.2 Å². The average Bonchev–Trinajstić information content (AvgIpc) is 2.76. The molecule has 8 nitrogen and oxygen atoms in total. The summed E-state index contributed by atoms with van der Waals surface area (Å²) in [5.41, 5.74) is 7.14. The lowest BCUT2D eigenvalue weighted by Gasteiger charge is -2.04. The third kappa shape index (κ3) is 3.45. The monoisotopic (exact) mass is 297 g/mol. The topological polar surface area (TPSA) is 130 Å². The smallest absolute Gasteiger partial charge is 0.272 e. The number of hydrogen-bond acceptors (Lipinski definition) is 5. The van der Waals surface area contributed by atoms with Crippen LogP contribution in [0.4, 0.5) is 5.69 Å². The van der Waals surface area contributed by atoms with Crippen LogP contribution >= 0.6 is 0 Å². The zero-order valence-corrected chi connectivity index (χ0v) is 11.6. The van der Waals surface area contributed by atoms with Crippen LogP contribution in [0.2, 0.25) is 0 Å². The van der Waals surface area contributed by atoms with Crippen molar-refractivity contribution < 1.29 is 13.2 Å². The summed E-state index contributed by atoms with van der Waals surface area (Å²) in [6, 6.07) is 5.10. The van der Waals surface area contributed by atoms with Gasteiger partial charge in [-0.05, 0) is 18.2 Å². The molecule has 5 N–H and O–H groups in total. The molecule has 0 unspecified atom stereocenters. The highest BCUT2D eigenvalue weighted by Gasteiger charge is 2.13. The number of rotatable bonds is 5. The minimum Gasteiger partial charge on any atom is -0.399 e. The van der Waals surface area contributed by atoms with Gasteiger partial charge in [0.15, 0.2) is 5.69 Å². The van der Waals surface area contributed by atoms with Crippen molar-refractivity contribution in [3.05, 3.63) is 23.9 Å². The first kappa shape index (κ1) is 14.3. The number of hydrogen-bond donors (Lipinski definition) is 4. The first-order chi connectivity index (χ1) is 9.37. The van der Waals surface area contributed by atoms with E-state index in [1.165, 1.54) is 0 Å². The summed E-state index contributed by atoms with van der Waals surface area (Å²) in [6.07, 6.45) is 1.05. The van der Waals surface area contributed by atoms with Crippen molar-refractivity contribution in [1.82, 2.24) is 20.2 Å². The van der Waals surface area contributed by atoms with E-state index in [4.69, 9.17) is 5.73 Å². The molecule has 0 saturated heterocycles. The van der Waals surface area contributed by atoms with E-state index in [0.717, 1.165) is 6.26 Å². The molecule has 0 bridgehead atoms. The van der Waals surface area contributed by atoms with Gasteiger partial charge < -0.3 is 11.1 Å². The number of aromatic amines is 1. The van der Waals surface area contributed by atoms with Crippen molar-refractivity contribution in [3.8, 4) is 0 Å². The number of nitrogen functional groups attached to an aromatic ring is 1. The van der Waals surface area contributed by atoms with Crippen LogP contribution in [0.25, 0.3) is 10.9 Å². The molecule has 0 spiro atoms. The number of carbonyl (C=O) groups is 1. The normalized spacial score (nSPS) is 11.7. The van der Waals surface area contributed by atoms with Crippen LogP contribution in [0.3, 0.4) is 0 Å². The van der Waals surface area contributed by atoms with E-state index < -0.39 is 15.9 Å². The molecule has 1 heterocycles. The Morgan fingerprint density at radius 1 is 1.40 bits per heavy atom. The molecule has 2 rings (SSSR count). The predicted molar refractivity (Wildman–Crippen MR) is 75.7 cm³/mol. The van der Waals surface area contributed by atoms with Gasteiger partial charge in [-0.2, -0.15) is 5.10 Å². The van der Waals surface area contributed by atoms with Gasteiger partial charge in [-0.1, -0.05) is 0 Å². The van der Waals surface area contributed by atoms with Gasteiger partial charge >= 0.3 is 0 Å². The maximum absolute atomic E-state index is 11.9. The van der Waals surface area contributed by atoms with Crippen LogP contribution in [0, 0.1) is 0 Å². The lowest BCUT2D eigenvalue weighted by atomic mass is 10.2. The minimum absolute atomic E-state index is 0.120. The first-order valence-electron chi connectivity index (χ1n) is 5.83. The van der Waals surface area contributed by atoms with Gasteiger partial charge in [0.05, 0.1) is 11.8 Å². The van der Waals surface area contributed by atoms with Crippen LogP contribution in [-0.4, -0.2) is 43.9 Å². The number of nitrogens with two attached hydrogens (primary N) is 1. The van der Waals surface area contributed by atoms with Crippen molar-refractivity contribution >= 4 is 32.5 Å². The second kappa shape index (κ2) is 5.47. The molecule has 0 fully saturated rings. The highest BCUT2D eigenvalue weighted by molar-refractivity contribution is 7.88. The van der Waals surface area contributed by atoms with E-state index in [0.29, 0.717) is 16.6 Å². The summed E-state index contributed by atoms with van der Waals surface area (Å²) in [4.78, 5) is 11.9. The molecule has 0 aliphatic heterocycles. The molecule has 1 aromatic heterocycles. The largest absolute Gasteiger partial charge is 0.399 e. The van der Waals surface area contributed by atoms with Gasteiger partial charge in [-0.3, -0.25) is 9.89 Å². The Bertz CT molecular complexity index is 738. The van der Waals surface area contributed by atoms with Crippen molar-refractivity contribution in [1.29, 1.82) is 0 Å². The number of nitrogens with one attached hydrogen (secondary N) is 3. The maximum atomic E-state index is 11.9. The number of amides is 1. The number of fused-ring (bicyclic) bond motifs is 1. The van der Waals surface area contributed by atoms with Gasteiger partial charge in [-0.15, -0.1) is 0 Å². The van der Waals surface area contributed by atoms with E-state index in [1.807, 2.05) is 0 Å². The Kier molecular flexibility index (Phi) is 3.91. The number of sulfonamides is 1. The molecule has 0 saturated carbocycles. The van der Waals surface area contributed by atoms with Crippen molar-refractivity contribution in [2.45, 2.75) is 0 Å². The lowest BCUT2D eigenvalue weighted by molar-refractivity contribution is 0.0951. The Labute approximate surface area is 115 Å². The molecule has 108 valence electrons. The maximum Gasteiger partial charge on any atom is 0.272 e. The molecule has 1 aromatic carbocycles. The Morgan fingerprint density at radius 2 is 2.15 bits per heavy atom. The van der Waals surface area contributed by atoms with E-state index in [-0.39, 0.29) is 18.8 Å². The first-order valence-corrected chi connectivity index (χ1v) is 7.72. The molecule has 0 atom stereocenters. The molecular formula is C11H15N5O3S. The number of aromatic nitrogens is 2. The summed E-state index contributed by atoms with van der Waals surface area (Å²) in [7, 11) is -3.26. The van der Waals surface area contributed by atoms with Gasteiger partial charge in [0, 0.05) is 24.2 Å². The number of benzene rings is 1. The number of anilines is 1. The van der Waals surface area contributed by atoms with E-state index >= 15 is 0 Å². The molecule has 0 aliphatic rings. The Morgan fingerprint density at radius 3 is 2.85 bits per heavy atom. The van der Waals surface area contributed by atoms with E-state index in [2.05, 4.69) is 20.2 Å². The fourth-order valence-corrected chi connectivity index (χ4v) is 2.17. The summed E-state index contributed by atoms with van der Waals surface area (Å²) in [5, 5.41) is 9.87. The SMILES string of the molecule is CS(=O)(=O)NCCNC(=O)c1n[nH]c2ccc(N)cc12. The molecular weight excluding hydrogens is 282 g/mol. The number of carbonyl (C=O) groups excluding carboxylic acids is 1. The van der Waals surface area contributed by atoms with Gasteiger partial charge in [0.2, 0.25) is 10.0 Å². The third-order valence-corrected chi connectivity index (χ3v) is 3.31. The lowest BCUT2D eigenvalue weighted by Crippen LogP contribution is -2.34. The van der Waals surface area contributed by atoms with Crippen LogP contribution in [0.1, 0.15) is 10.5 Å².